The van der Waals surface area contributed by atoms with Crippen LogP contribution in [0.1, 0.15) is 26.3 Å². The van der Waals surface area contributed by atoms with Gasteiger partial charge in [0, 0.05) is 6.92 Å². The molecular formula is C12H17NO2. The van der Waals surface area contributed by atoms with E-state index in [0.717, 1.165) is 11.3 Å². The smallest absolute Gasteiger partial charge is 0.217 e. The summed E-state index contributed by atoms with van der Waals surface area (Å²) in [5, 5.41) is 2.89. The Hall–Kier alpha value is -1.51. The quantitative estimate of drug-likeness (QED) is 0.824. The summed E-state index contributed by atoms with van der Waals surface area (Å²) in [5.41, 5.74) is 0.705. The van der Waals surface area contributed by atoms with Gasteiger partial charge in [-0.25, -0.2) is 0 Å². The van der Waals surface area contributed by atoms with Crippen molar-refractivity contribution in [1.82, 2.24) is 5.32 Å². The number of amides is 1. The average molecular weight is 207 g/mol. The summed E-state index contributed by atoms with van der Waals surface area (Å²) < 4.78 is 5.08. The molecule has 1 aromatic rings. The molecule has 1 aromatic carbocycles. The summed E-state index contributed by atoms with van der Waals surface area (Å²) in [6.07, 6.45) is 0. The Labute approximate surface area is 90.4 Å². The molecule has 0 aliphatic heterocycles. The second-order valence-electron chi connectivity index (χ2n) is 4.03. The lowest BCUT2D eigenvalue weighted by Crippen LogP contribution is -2.39. The second-order valence-corrected chi connectivity index (χ2v) is 4.03. The molecule has 1 rings (SSSR count). The number of nitrogens with one attached hydrogen (secondary N) is 1. The number of rotatable bonds is 3. The maximum Gasteiger partial charge on any atom is 0.217 e. The van der Waals surface area contributed by atoms with Crippen LogP contribution in [0.25, 0.3) is 0 Å². The number of benzene rings is 1. The van der Waals surface area contributed by atoms with Crippen molar-refractivity contribution in [2.24, 2.45) is 0 Å². The molecule has 0 spiro atoms. The molecule has 0 aromatic heterocycles. The first-order valence-corrected chi connectivity index (χ1v) is 4.89. The third kappa shape index (κ3) is 2.98. The Morgan fingerprint density at radius 1 is 1.27 bits per heavy atom. The predicted octanol–water partition coefficient (Wildman–Crippen LogP) is 2.07. The van der Waals surface area contributed by atoms with Crippen LogP contribution in [0, 0.1) is 0 Å². The number of hydrogen-bond donors (Lipinski definition) is 1. The zero-order valence-electron chi connectivity index (χ0n) is 9.63. The van der Waals surface area contributed by atoms with Crippen LogP contribution < -0.4 is 10.1 Å². The second kappa shape index (κ2) is 4.34. The van der Waals surface area contributed by atoms with Gasteiger partial charge >= 0.3 is 0 Å². The van der Waals surface area contributed by atoms with Crippen molar-refractivity contribution < 1.29 is 9.53 Å². The minimum atomic E-state index is -0.349. The Balaban J connectivity index is 2.89. The van der Waals surface area contributed by atoms with Crippen LogP contribution in [-0.2, 0) is 10.3 Å². The molecule has 0 saturated carbocycles. The predicted molar refractivity (Wildman–Crippen MR) is 59.8 cm³/mol. The molecule has 1 N–H and O–H groups in total. The summed E-state index contributed by atoms with van der Waals surface area (Å²) in [6, 6.07) is 7.68. The molecule has 3 nitrogen and oxygen atoms in total. The van der Waals surface area contributed by atoms with Crippen molar-refractivity contribution in [3.8, 4) is 5.75 Å². The number of hydrogen-bond acceptors (Lipinski definition) is 2. The summed E-state index contributed by atoms with van der Waals surface area (Å²) >= 11 is 0. The third-order valence-electron chi connectivity index (χ3n) is 2.30. The Bertz CT molecular complexity index is 341. The topological polar surface area (TPSA) is 38.3 Å². The molecule has 0 heterocycles. The molecule has 0 aliphatic carbocycles. The van der Waals surface area contributed by atoms with Gasteiger partial charge in [-0.05, 0) is 31.5 Å². The maximum atomic E-state index is 11.0. The zero-order chi connectivity index (χ0) is 11.5. The van der Waals surface area contributed by atoms with Gasteiger partial charge in [-0.3, -0.25) is 4.79 Å². The lowest BCUT2D eigenvalue weighted by atomic mass is 9.94. The molecule has 82 valence electrons. The number of carbonyl (C=O) groups excluding carboxylic acids is 1. The van der Waals surface area contributed by atoms with Crippen molar-refractivity contribution in [3.05, 3.63) is 29.8 Å². The van der Waals surface area contributed by atoms with E-state index in [2.05, 4.69) is 5.32 Å². The number of ether oxygens (including phenoxy) is 1. The van der Waals surface area contributed by atoms with E-state index in [4.69, 9.17) is 4.74 Å². The van der Waals surface area contributed by atoms with Crippen molar-refractivity contribution in [2.45, 2.75) is 26.3 Å². The van der Waals surface area contributed by atoms with Gasteiger partial charge in [0.2, 0.25) is 5.91 Å². The van der Waals surface area contributed by atoms with E-state index in [0.29, 0.717) is 0 Å². The highest BCUT2D eigenvalue weighted by Crippen LogP contribution is 2.22. The summed E-state index contributed by atoms with van der Waals surface area (Å²) in [4.78, 5) is 11.0. The summed E-state index contributed by atoms with van der Waals surface area (Å²) in [6.45, 7) is 5.46. The Morgan fingerprint density at radius 3 is 2.20 bits per heavy atom. The summed E-state index contributed by atoms with van der Waals surface area (Å²) in [7, 11) is 1.63. The van der Waals surface area contributed by atoms with Gasteiger partial charge in [0.15, 0.2) is 0 Å². The standard InChI is InChI=1S/C12H17NO2/c1-9(14)13-12(2,3)10-5-7-11(15-4)8-6-10/h5-8H,1-4H3,(H,13,14). The molecule has 0 bridgehead atoms. The Kier molecular flexibility index (Phi) is 3.35. The van der Waals surface area contributed by atoms with Gasteiger partial charge < -0.3 is 10.1 Å². The van der Waals surface area contributed by atoms with Crippen LogP contribution in [0.2, 0.25) is 0 Å². The molecule has 1 amide bonds. The van der Waals surface area contributed by atoms with Gasteiger partial charge in [-0.15, -0.1) is 0 Å². The van der Waals surface area contributed by atoms with Gasteiger partial charge in [-0.2, -0.15) is 0 Å². The lowest BCUT2D eigenvalue weighted by molar-refractivity contribution is -0.120. The minimum Gasteiger partial charge on any atom is -0.497 e. The maximum absolute atomic E-state index is 11.0. The van der Waals surface area contributed by atoms with E-state index in [1.807, 2.05) is 38.1 Å². The van der Waals surface area contributed by atoms with Crippen LogP contribution in [0.3, 0.4) is 0 Å². The monoisotopic (exact) mass is 207 g/mol. The zero-order valence-corrected chi connectivity index (χ0v) is 9.63. The van der Waals surface area contributed by atoms with E-state index < -0.39 is 0 Å². The van der Waals surface area contributed by atoms with Crippen LogP contribution in [-0.4, -0.2) is 13.0 Å². The average Bonchev–Trinajstić information content (AvgIpc) is 2.16. The Morgan fingerprint density at radius 2 is 1.80 bits per heavy atom. The minimum absolute atomic E-state index is 0.0316. The fourth-order valence-corrected chi connectivity index (χ4v) is 1.52. The largest absolute Gasteiger partial charge is 0.497 e. The molecular weight excluding hydrogens is 190 g/mol. The summed E-state index contributed by atoms with van der Waals surface area (Å²) in [5.74, 6) is 0.785. The third-order valence-corrected chi connectivity index (χ3v) is 2.30. The fourth-order valence-electron chi connectivity index (χ4n) is 1.52. The van der Waals surface area contributed by atoms with Gasteiger partial charge in [-0.1, -0.05) is 12.1 Å². The van der Waals surface area contributed by atoms with Crippen LogP contribution in [0.4, 0.5) is 0 Å². The highest BCUT2D eigenvalue weighted by atomic mass is 16.5. The highest BCUT2D eigenvalue weighted by Gasteiger charge is 2.20. The molecule has 0 radical (unpaired) electrons. The highest BCUT2D eigenvalue weighted by molar-refractivity contribution is 5.74. The van der Waals surface area contributed by atoms with Crippen molar-refractivity contribution in [1.29, 1.82) is 0 Å². The van der Waals surface area contributed by atoms with Crippen LogP contribution in [0.5, 0.6) is 5.75 Å². The van der Waals surface area contributed by atoms with Crippen molar-refractivity contribution >= 4 is 5.91 Å². The van der Waals surface area contributed by atoms with E-state index in [1.54, 1.807) is 7.11 Å². The molecule has 15 heavy (non-hydrogen) atoms. The first kappa shape index (κ1) is 11.6. The molecule has 0 saturated heterocycles. The number of methoxy groups -OCH3 is 1. The molecule has 0 atom stereocenters. The lowest BCUT2D eigenvalue weighted by Gasteiger charge is -2.26. The van der Waals surface area contributed by atoms with E-state index in [1.165, 1.54) is 6.92 Å². The van der Waals surface area contributed by atoms with Gasteiger partial charge in [0.25, 0.3) is 0 Å². The molecule has 0 fully saturated rings. The van der Waals surface area contributed by atoms with Crippen LogP contribution >= 0.6 is 0 Å². The van der Waals surface area contributed by atoms with E-state index in [-0.39, 0.29) is 11.4 Å². The van der Waals surface area contributed by atoms with Crippen molar-refractivity contribution in [2.75, 3.05) is 7.11 Å². The first-order valence-electron chi connectivity index (χ1n) is 4.89. The first-order chi connectivity index (χ1) is 6.95. The fraction of sp³-hybridized carbons (Fsp3) is 0.417. The normalized spacial score (nSPS) is 10.9. The molecule has 0 aliphatic rings. The van der Waals surface area contributed by atoms with Crippen LogP contribution in [0.15, 0.2) is 24.3 Å². The van der Waals surface area contributed by atoms with Crippen molar-refractivity contribution in [3.63, 3.8) is 0 Å². The SMILES string of the molecule is COc1ccc(C(C)(C)NC(C)=O)cc1. The molecule has 0 unspecified atom stereocenters. The van der Waals surface area contributed by atoms with E-state index in [9.17, 15) is 4.79 Å². The number of carbonyl (C=O) groups is 1. The molecule has 3 heteroatoms. The van der Waals surface area contributed by atoms with Gasteiger partial charge in [0.05, 0.1) is 12.6 Å². The van der Waals surface area contributed by atoms with Gasteiger partial charge in [0.1, 0.15) is 5.75 Å². The van der Waals surface area contributed by atoms with E-state index >= 15 is 0 Å².